The molecule has 0 aliphatic carbocycles. The third-order valence-electron chi connectivity index (χ3n) is 3.79. The van der Waals surface area contributed by atoms with Crippen LogP contribution < -0.4 is 5.32 Å². The lowest BCUT2D eigenvalue weighted by atomic mass is 9.96. The summed E-state index contributed by atoms with van der Waals surface area (Å²) in [5.41, 5.74) is 1.51. The number of benzene rings is 1. The Hall–Kier alpha value is -1.69. The molecule has 0 bridgehead atoms. The van der Waals surface area contributed by atoms with Gasteiger partial charge in [-0.15, -0.1) is 0 Å². The summed E-state index contributed by atoms with van der Waals surface area (Å²) in [6, 6.07) is 3.43. The predicted molar refractivity (Wildman–Crippen MR) is 81.2 cm³/mol. The summed E-state index contributed by atoms with van der Waals surface area (Å²) < 4.78 is 11.3. The maximum atomic E-state index is 12.4. The molecule has 5 nitrogen and oxygen atoms in total. The first kappa shape index (κ1) is 15.7. The number of aromatic carboxylic acids is 1. The van der Waals surface area contributed by atoms with E-state index in [1.807, 2.05) is 0 Å². The van der Waals surface area contributed by atoms with Crippen LogP contribution in [0.3, 0.4) is 0 Å². The van der Waals surface area contributed by atoms with Crippen molar-refractivity contribution in [1.29, 1.82) is 0 Å². The second-order valence-corrected chi connectivity index (χ2v) is 7.05. The van der Waals surface area contributed by atoms with Crippen molar-refractivity contribution in [3.05, 3.63) is 34.4 Å². The van der Waals surface area contributed by atoms with Crippen molar-refractivity contribution in [3.63, 3.8) is 0 Å². The van der Waals surface area contributed by atoms with E-state index in [2.05, 4.69) is 5.32 Å². The van der Waals surface area contributed by atoms with E-state index in [0.29, 0.717) is 35.5 Å². The fourth-order valence-corrected chi connectivity index (χ4v) is 3.87. The third-order valence-corrected chi connectivity index (χ3v) is 5.17. The Balaban J connectivity index is 2.25. The molecular weight excluding hydrogens is 290 g/mol. The SMILES string of the molecule is Cc1ccc(C)c(C(=O)NC2CCS(=O)CC2)c1C(=O)O. The number of carbonyl (C=O) groups is 2. The maximum absolute atomic E-state index is 12.4. The van der Waals surface area contributed by atoms with Crippen LogP contribution in [0.1, 0.15) is 44.7 Å². The molecule has 21 heavy (non-hydrogen) atoms. The number of carbonyl (C=O) groups excluding carboxylic acids is 1. The van der Waals surface area contributed by atoms with E-state index in [1.165, 1.54) is 0 Å². The van der Waals surface area contributed by atoms with Gasteiger partial charge in [-0.1, -0.05) is 12.1 Å². The molecule has 2 rings (SSSR count). The van der Waals surface area contributed by atoms with Crippen molar-refractivity contribution in [3.8, 4) is 0 Å². The van der Waals surface area contributed by atoms with Crippen molar-refractivity contribution in [1.82, 2.24) is 5.32 Å². The summed E-state index contributed by atoms with van der Waals surface area (Å²) in [5.74, 6) is -0.273. The van der Waals surface area contributed by atoms with Gasteiger partial charge in [0.1, 0.15) is 0 Å². The van der Waals surface area contributed by atoms with Crippen LogP contribution in [0.5, 0.6) is 0 Å². The second kappa shape index (κ2) is 6.39. The zero-order valence-corrected chi connectivity index (χ0v) is 13.0. The number of hydrogen-bond donors (Lipinski definition) is 2. The smallest absolute Gasteiger partial charge is 0.336 e. The minimum atomic E-state index is -1.09. The molecule has 0 aromatic heterocycles. The number of carboxylic acid groups (broad SMARTS) is 1. The van der Waals surface area contributed by atoms with E-state index < -0.39 is 16.8 Å². The average Bonchev–Trinajstić information content (AvgIpc) is 2.43. The van der Waals surface area contributed by atoms with E-state index in [1.54, 1.807) is 26.0 Å². The molecule has 1 saturated heterocycles. The van der Waals surface area contributed by atoms with E-state index in [-0.39, 0.29) is 23.1 Å². The molecule has 0 atom stereocenters. The van der Waals surface area contributed by atoms with Gasteiger partial charge >= 0.3 is 5.97 Å². The Morgan fingerprint density at radius 1 is 1.14 bits per heavy atom. The number of aryl methyl sites for hydroxylation is 2. The lowest BCUT2D eigenvalue weighted by molar-refractivity contribution is 0.0689. The van der Waals surface area contributed by atoms with Crippen LogP contribution in [0.2, 0.25) is 0 Å². The molecule has 1 aliphatic rings. The number of nitrogens with one attached hydrogen (secondary N) is 1. The van der Waals surface area contributed by atoms with Crippen molar-refractivity contribution in [2.75, 3.05) is 11.5 Å². The topological polar surface area (TPSA) is 83.5 Å². The Labute approximate surface area is 126 Å². The zero-order chi connectivity index (χ0) is 15.6. The molecule has 0 saturated carbocycles. The highest BCUT2D eigenvalue weighted by Crippen LogP contribution is 2.20. The molecule has 114 valence electrons. The fraction of sp³-hybridized carbons (Fsp3) is 0.467. The molecular formula is C15H19NO4S. The molecule has 2 N–H and O–H groups in total. The highest BCUT2D eigenvalue weighted by atomic mass is 32.2. The van der Waals surface area contributed by atoms with Gasteiger partial charge in [-0.2, -0.15) is 0 Å². The zero-order valence-electron chi connectivity index (χ0n) is 12.1. The number of carboxylic acids is 1. The molecule has 1 fully saturated rings. The van der Waals surface area contributed by atoms with Crippen molar-refractivity contribution < 1.29 is 18.9 Å². The van der Waals surface area contributed by atoms with Crippen LogP contribution in [0.25, 0.3) is 0 Å². The summed E-state index contributed by atoms with van der Waals surface area (Å²) in [5, 5.41) is 12.2. The molecule has 1 aromatic carbocycles. The summed E-state index contributed by atoms with van der Waals surface area (Å²) in [6.45, 7) is 3.42. The first-order valence-electron chi connectivity index (χ1n) is 6.89. The molecule has 0 unspecified atom stereocenters. The summed E-state index contributed by atoms with van der Waals surface area (Å²) >= 11 is 0. The lowest BCUT2D eigenvalue weighted by Crippen LogP contribution is -2.40. The van der Waals surface area contributed by atoms with Gasteiger partial charge in [0.05, 0.1) is 11.1 Å². The second-order valence-electron chi connectivity index (χ2n) is 5.35. The Morgan fingerprint density at radius 2 is 1.67 bits per heavy atom. The molecule has 0 radical (unpaired) electrons. The van der Waals surface area contributed by atoms with Gasteiger partial charge in [-0.25, -0.2) is 4.79 Å². The molecule has 1 aliphatic heterocycles. The van der Waals surface area contributed by atoms with Gasteiger partial charge in [-0.05, 0) is 37.8 Å². The normalized spacial score (nSPS) is 21.8. The maximum Gasteiger partial charge on any atom is 0.336 e. The molecule has 1 heterocycles. The Morgan fingerprint density at radius 3 is 2.19 bits per heavy atom. The monoisotopic (exact) mass is 309 g/mol. The van der Waals surface area contributed by atoms with E-state index in [4.69, 9.17) is 0 Å². The first-order valence-corrected chi connectivity index (χ1v) is 8.38. The van der Waals surface area contributed by atoms with Gasteiger partial charge in [0, 0.05) is 28.3 Å². The van der Waals surface area contributed by atoms with Gasteiger partial charge in [-0.3, -0.25) is 9.00 Å². The summed E-state index contributed by atoms with van der Waals surface area (Å²) in [4.78, 5) is 23.9. The Bertz CT molecular complexity index is 602. The van der Waals surface area contributed by atoms with Crippen molar-refractivity contribution in [2.45, 2.75) is 32.7 Å². The highest BCUT2D eigenvalue weighted by molar-refractivity contribution is 7.85. The van der Waals surface area contributed by atoms with Crippen LogP contribution in [0.15, 0.2) is 12.1 Å². The minimum Gasteiger partial charge on any atom is -0.478 e. The van der Waals surface area contributed by atoms with E-state index in [0.717, 1.165) is 0 Å². The highest BCUT2D eigenvalue weighted by Gasteiger charge is 2.25. The molecule has 6 heteroatoms. The van der Waals surface area contributed by atoms with Crippen molar-refractivity contribution in [2.24, 2.45) is 0 Å². The summed E-state index contributed by atoms with van der Waals surface area (Å²) in [7, 11) is -0.785. The molecule has 0 spiro atoms. The average molecular weight is 309 g/mol. The third kappa shape index (κ3) is 3.50. The predicted octanol–water partition coefficient (Wildman–Crippen LogP) is 1.64. The van der Waals surface area contributed by atoms with Gasteiger partial charge in [0.15, 0.2) is 0 Å². The van der Waals surface area contributed by atoms with Crippen LogP contribution in [0, 0.1) is 13.8 Å². The van der Waals surface area contributed by atoms with E-state index >= 15 is 0 Å². The van der Waals surface area contributed by atoms with Gasteiger partial charge in [0.25, 0.3) is 5.91 Å². The largest absolute Gasteiger partial charge is 0.478 e. The standard InChI is InChI=1S/C15H19NO4S/c1-9-3-4-10(2)13(15(18)19)12(9)14(17)16-11-5-7-21(20)8-6-11/h3-4,11H,5-8H2,1-2H3,(H,16,17)(H,18,19). The van der Waals surface area contributed by atoms with Crippen LogP contribution in [0.4, 0.5) is 0 Å². The molecule has 1 aromatic rings. The lowest BCUT2D eigenvalue weighted by Gasteiger charge is -2.23. The number of rotatable bonds is 3. The molecule has 1 amide bonds. The quantitative estimate of drug-likeness (QED) is 0.889. The number of amides is 1. The van der Waals surface area contributed by atoms with E-state index in [9.17, 15) is 18.9 Å². The Kier molecular flexibility index (Phi) is 4.77. The summed E-state index contributed by atoms with van der Waals surface area (Å²) in [6.07, 6.45) is 1.34. The first-order chi connectivity index (χ1) is 9.90. The van der Waals surface area contributed by atoms with Crippen LogP contribution in [-0.2, 0) is 10.8 Å². The van der Waals surface area contributed by atoms with Crippen LogP contribution in [-0.4, -0.2) is 38.7 Å². The van der Waals surface area contributed by atoms with Gasteiger partial charge in [0.2, 0.25) is 0 Å². The van der Waals surface area contributed by atoms with Gasteiger partial charge < -0.3 is 10.4 Å². The minimum absolute atomic E-state index is 0.0308. The van der Waals surface area contributed by atoms with Crippen LogP contribution >= 0.6 is 0 Å². The van der Waals surface area contributed by atoms with Crippen molar-refractivity contribution >= 4 is 22.7 Å². The fourth-order valence-electron chi connectivity index (χ4n) is 2.57. The number of hydrogen-bond acceptors (Lipinski definition) is 3.